The van der Waals surface area contributed by atoms with Crippen molar-refractivity contribution in [1.29, 1.82) is 0 Å². The van der Waals surface area contributed by atoms with E-state index in [0.717, 1.165) is 0 Å². The minimum Gasteiger partial charge on any atom is -0.760 e. The molecule has 0 saturated heterocycles. The van der Waals surface area contributed by atoms with Gasteiger partial charge in [-0.2, -0.15) is 8.42 Å². The first-order valence-corrected chi connectivity index (χ1v) is 5.64. The van der Waals surface area contributed by atoms with Crippen LogP contribution in [0.25, 0.3) is 0 Å². The second kappa shape index (κ2) is 8.68. The second-order valence-corrected chi connectivity index (χ2v) is 4.28. The first-order valence-electron chi connectivity index (χ1n) is 1.55. The van der Waals surface area contributed by atoms with Crippen LogP contribution < -0.4 is 29.6 Å². The van der Waals surface area contributed by atoms with Crippen molar-refractivity contribution in [3.63, 3.8) is 0 Å². The van der Waals surface area contributed by atoms with Gasteiger partial charge in [-0.3, -0.25) is 17.9 Å². The molecule has 70 valence electrons. The maximum atomic E-state index is 9.20. The number of rotatable bonds is 1. The van der Waals surface area contributed by atoms with Gasteiger partial charge in [-0.1, -0.05) is 0 Å². The van der Waals surface area contributed by atoms with Gasteiger partial charge in [0.1, 0.15) is 0 Å². The zero-order valence-corrected chi connectivity index (χ0v) is 10.1. The fourth-order valence-electron chi connectivity index (χ4n) is 0. The van der Waals surface area contributed by atoms with Gasteiger partial charge in [0.2, 0.25) is 10.1 Å². The van der Waals surface area contributed by atoms with Gasteiger partial charge in [-0.05, 0) is 0 Å². The molecule has 0 aliphatic heterocycles. The van der Waals surface area contributed by atoms with E-state index in [1.807, 2.05) is 0 Å². The summed E-state index contributed by atoms with van der Waals surface area (Å²) in [5.41, 5.74) is 0. The Morgan fingerprint density at radius 1 is 1.17 bits per heavy atom. The summed E-state index contributed by atoms with van der Waals surface area (Å²) in [6, 6.07) is 0. The number of hydrogen-bond donors (Lipinski definition) is 3. The molecule has 0 aliphatic carbocycles. The Labute approximate surface area is 94.6 Å². The molecule has 12 heavy (non-hydrogen) atoms. The van der Waals surface area contributed by atoms with Crippen molar-refractivity contribution >= 4 is 30.6 Å². The predicted molar refractivity (Wildman–Crippen MR) is 33.9 cm³/mol. The molecule has 0 aliphatic rings. The van der Waals surface area contributed by atoms with E-state index in [0.29, 0.717) is 0 Å². The van der Waals surface area contributed by atoms with Gasteiger partial charge in [-0.25, -0.2) is 4.21 Å². The molecule has 0 bridgehead atoms. The molecule has 0 aromatic carbocycles. The molecule has 8 nitrogen and oxygen atoms in total. The van der Waals surface area contributed by atoms with Gasteiger partial charge < -0.3 is 4.55 Å². The van der Waals surface area contributed by atoms with E-state index in [-0.39, 0.29) is 29.6 Å². The van der Waals surface area contributed by atoms with Crippen LogP contribution in [-0.2, 0) is 30.6 Å². The van der Waals surface area contributed by atoms with Crippen LogP contribution in [0.4, 0.5) is 0 Å². The normalized spacial score (nSPS) is 14.7. The third-order valence-electron chi connectivity index (χ3n) is 0.116. The van der Waals surface area contributed by atoms with E-state index in [1.165, 1.54) is 0 Å². The van der Waals surface area contributed by atoms with E-state index in [2.05, 4.69) is 0 Å². The zero-order valence-electron chi connectivity index (χ0n) is 5.61. The fraction of sp³-hybridized carbons (Fsp3) is 0. The van der Waals surface area contributed by atoms with Gasteiger partial charge in [0, 0.05) is 0 Å². The summed E-state index contributed by atoms with van der Waals surface area (Å²) in [5, 5.41) is 0. The van der Waals surface area contributed by atoms with E-state index in [1.54, 1.807) is 0 Å². The van der Waals surface area contributed by atoms with Crippen molar-refractivity contribution in [2.75, 3.05) is 0 Å². The Morgan fingerprint density at radius 3 is 1.25 bits per heavy atom. The third kappa shape index (κ3) is 43.6. The van der Waals surface area contributed by atoms with Crippen molar-refractivity contribution < 1.29 is 64.6 Å². The summed E-state index contributed by atoms with van der Waals surface area (Å²) in [6.07, 6.45) is 0. The van der Waals surface area contributed by atoms with Gasteiger partial charge in [-0.15, -0.1) is 0 Å². The van der Waals surface area contributed by atoms with E-state index in [4.69, 9.17) is 30.8 Å². The molecule has 0 spiro atoms. The van der Waals surface area contributed by atoms with Crippen molar-refractivity contribution in [2.24, 2.45) is 0 Å². The maximum Gasteiger partial charge on any atom is 1.00 e. The standard InChI is InChI=1S/Na.H2O4S2.H2O4S/c;1-5(2)6(3)4;1-5(2,3)4/h;(H,1,2)(H,3,4);(H2,1,2,3,4)/q+1;;/p-1. The minimum atomic E-state index is -4.67. The summed E-state index contributed by atoms with van der Waals surface area (Å²) in [6.45, 7) is 0. The minimum absolute atomic E-state index is 0. The molecular weight excluding hydrogens is 247 g/mol. The van der Waals surface area contributed by atoms with E-state index < -0.39 is 30.6 Å². The fourth-order valence-corrected chi connectivity index (χ4v) is 0. The SMILES string of the molecule is O=S(=O)(O)O.O=S([O-])S(=O)O.[Na+]. The molecule has 0 radical (unpaired) electrons. The van der Waals surface area contributed by atoms with E-state index in [9.17, 15) is 4.21 Å². The van der Waals surface area contributed by atoms with Crippen molar-refractivity contribution in [3.8, 4) is 0 Å². The number of hydrogen-bond acceptors (Lipinski definition) is 5. The molecule has 0 rings (SSSR count). The van der Waals surface area contributed by atoms with Gasteiger partial charge in [0.15, 0.2) is 0 Å². The van der Waals surface area contributed by atoms with Crippen LogP contribution in [0.3, 0.4) is 0 Å². The quantitative estimate of drug-likeness (QED) is 0.182. The van der Waals surface area contributed by atoms with Gasteiger partial charge in [0.05, 0.1) is 10.1 Å². The molecule has 0 saturated carbocycles. The van der Waals surface area contributed by atoms with Crippen molar-refractivity contribution in [2.45, 2.75) is 0 Å². The molecule has 0 aromatic rings. The molecule has 2 unspecified atom stereocenters. The van der Waals surface area contributed by atoms with Crippen LogP contribution in [0.1, 0.15) is 0 Å². The Balaban J connectivity index is -0.000000126. The molecule has 0 heterocycles. The Morgan fingerprint density at radius 2 is 1.25 bits per heavy atom. The van der Waals surface area contributed by atoms with Gasteiger partial charge in [0.25, 0.3) is 0 Å². The summed E-state index contributed by atoms with van der Waals surface area (Å²) >= 11 is 0. The monoisotopic (exact) mass is 250 g/mol. The molecule has 12 heteroatoms. The first-order chi connectivity index (χ1) is 4.64. The van der Waals surface area contributed by atoms with Gasteiger partial charge >= 0.3 is 40.0 Å². The summed E-state index contributed by atoms with van der Waals surface area (Å²) in [7, 11) is -10.2. The molecular formula is H3NaO8S3. The summed E-state index contributed by atoms with van der Waals surface area (Å²) < 4.78 is 66.6. The van der Waals surface area contributed by atoms with Crippen LogP contribution in [0, 0.1) is 0 Å². The molecule has 0 amide bonds. The van der Waals surface area contributed by atoms with Crippen LogP contribution in [0.15, 0.2) is 0 Å². The average Bonchev–Trinajstić information content (AvgIpc) is 1.59. The Kier molecular flexibility index (Phi) is 13.6. The van der Waals surface area contributed by atoms with Crippen LogP contribution >= 0.6 is 0 Å². The Bertz CT molecular complexity index is 217. The van der Waals surface area contributed by atoms with Crippen molar-refractivity contribution in [1.82, 2.24) is 0 Å². The summed E-state index contributed by atoms with van der Waals surface area (Å²) in [5.74, 6) is 0. The zero-order chi connectivity index (χ0) is 9.65. The molecule has 3 N–H and O–H groups in total. The molecule has 2 atom stereocenters. The second-order valence-electron chi connectivity index (χ2n) is 0.869. The molecule has 0 fully saturated rings. The van der Waals surface area contributed by atoms with Crippen LogP contribution in [0.2, 0.25) is 0 Å². The smallest absolute Gasteiger partial charge is 0.760 e. The average molecular weight is 250 g/mol. The van der Waals surface area contributed by atoms with Crippen molar-refractivity contribution in [3.05, 3.63) is 0 Å². The predicted octanol–water partition coefficient (Wildman–Crippen LogP) is -4.65. The first kappa shape index (κ1) is 18.8. The largest absolute Gasteiger partial charge is 1.00 e. The van der Waals surface area contributed by atoms with Crippen LogP contribution in [0.5, 0.6) is 0 Å². The van der Waals surface area contributed by atoms with E-state index >= 15 is 0 Å². The van der Waals surface area contributed by atoms with Crippen LogP contribution in [-0.4, -0.2) is 35.0 Å². The topological polar surface area (TPSA) is 152 Å². The maximum absolute atomic E-state index is 9.20. The Hall–Kier alpha value is 1.09. The third-order valence-corrected chi connectivity index (χ3v) is 1.05. The molecule has 0 aromatic heterocycles. The summed E-state index contributed by atoms with van der Waals surface area (Å²) in [4.78, 5) is 0.